The number of allylic oxidation sites excluding steroid dienone is 2. The van der Waals surface area contributed by atoms with Crippen molar-refractivity contribution in [2.75, 3.05) is 11.8 Å². The number of aromatic nitrogens is 3. The number of nitrogens with zero attached hydrogens (tertiary/aromatic N) is 3. The monoisotopic (exact) mass is 552 g/mol. The zero-order valence-electron chi connectivity index (χ0n) is 20.4. The zero-order chi connectivity index (χ0) is 27.1. The van der Waals surface area contributed by atoms with Crippen molar-refractivity contribution in [3.63, 3.8) is 0 Å². The number of fused-ring (bicyclic) bond motifs is 1. The molecule has 5 rings (SSSR count). The topological polar surface area (TPSA) is 103 Å². The van der Waals surface area contributed by atoms with E-state index in [1.165, 1.54) is 22.8 Å². The molecule has 0 saturated heterocycles. The Balaban J connectivity index is 1.58. The Bertz CT molecular complexity index is 1770. The maximum Gasteiger partial charge on any atom is 0.264 e. The van der Waals surface area contributed by atoms with Crippen molar-refractivity contribution in [2.24, 2.45) is 0 Å². The summed E-state index contributed by atoms with van der Waals surface area (Å²) in [4.78, 5) is 20.3. The Hall–Kier alpha value is -3.86. The maximum atomic E-state index is 13.1. The SMILES string of the molecule is COC1(C)CC(c2ccc(Cl)cc2)=CC=C1n1c(=O)ccc2cc(S(=O)(=O)Nc3ncc(F)cn3)ccc21. The molecule has 0 aliphatic heterocycles. The van der Waals surface area contributed by atoms with Crippen LogP contribution in [-0.2, 0) is 14.8 Å². The van der Waals surface area contributed by atoms with Crippen LogP contribution in [0.5, 0.6) is 0 Å². The van der Waals surface area contributed by atoms with Gasteiger partial charge >= 0.3 is 0 Å². The number of nitrogens with one attached hydrogen (secondary N) is 1. The molecule has 11 heteroatoms. The molecule has 1 atom stereocenters. The van der Waals surface area contributed by atoms with Crippen molar-refractivity contribution in [1.29, 1.82) is 0 Å². The lowest BCUT2D eigenvalue weighted by atomic mass is 9.84. The summed E-state index contributed by atoms with van der Waals surface area (Å²) in [6.45, 7) is 1.90. The van der Waals surface area contributed by atoms with Gasteiger partial charge in [-0.25, -0.2) is 27.5 Å². The minimum atomic E-state index is -4.08. The first-order valence-corrected chi connectivity index (χ1v) is 13.3. The number of hydrogen-bond donors (Lipinski definition) is 1. The van der Waals surface area contributed by atoms with Crippen LogP contribution in [0.25, 0.3) is 22.2 Å². The van der Waals surface area contributed by atoms with Crippen LogP contribution in [0, 0.1) is 5.82 Å². The van der Waals surface area contributed by atoms with Crippen molar-refractivity contribution >= 4 is 49.7 Å². The van der Waals surface area contributed by atoms with Crippen LogP contribution in [0.4, 0.5) is 10.3 Å². The smallest absolute Gasteiger partial charge is 0.264 e. The van der Waals surface area contributed by atoms with Gasteiger partial charge in [-0.1, -0.05) is 29.8 Å². The zero-order valence-corrected chi connectivity index (χ0v) is 21.9. The van der Waals surface area contributed by atoms with E-state index in [2.05, 4.69) is 14.7 Å². The second-order valence-corrected chi connectivity index (χ2v) is 11.0. The van der Waals surface area contributed by atoms with E-state index in [1.54, 1.807) is 19.2 Å². The van der Waals surface area contributed by atoms with E-state index in [4.69, 9.17) is 16.3 Å². The molecular weight excluding hydrogens is 531 g/mol. The van der Waals surface area contributed by atoms with E-state index in [-0.39, 0.29) is 16.4 Å². The van der Waals surface area contributed by atoms with Gasteiger partial charge in [-0.2, -0.15) is 0 Å². The summed E-state index contributed by atoms with van der Waals surface area (Å²) in [5.41, 5.74) is 1.99. The molecule has 0 amide bonds. The highest BCUT2D eigenvalue weighted by Gasteiger charge is 2.35. The Labute approximate surface area is 223 Å². The van der Waals surface area contributed by atoms with Crippen LogP contribution in [0.15, 0.2) is 88.8 Å². The normalized spacial score (nSPS) is 17.7. The first-order valence-electron chi connectivity index (χ1n) is 11.5. The van der Waals surface area contributed by atoms with Gasteiger partial charge in [-0.05, 0) is 60.5 Å². The standard InChI is InChI=1S/C27H22ClFN4O4S/c1-27(37-2)14-19(17-3-7-20(28)8-4-17)5-11-24(27)33-23-10-9-22(13-18(23)6-12-25(33)34)38(35,36)32-26-30-15-21(29)16-31-26/h3-13,15-16H,14H2,1-2H3,(H,30,31,32). The van der Waals surface area contributed by atoms with Crippen LogP contribution in [-0.4, -0.2) is 35.7 Å². The van der Waals surface area contributed by atoms with Gasteiger partial charge in [-0.3, -0.25) is 9.36 Å². The minimum absolute atomic E-state index is 0.0693. The second kappa shape index (κ2) is 9.79. The Kier molecular flexibility index (Phi) is 6.64. The molecule has 2 heterocycles. The third-order valence-electron chi connectivity index (χ3n) is 6.44. The fourth-order valence-corrected chi connectivity index (χ4v) is 5.52. The lowest BCUT2D eigenvalue weighted by Gasteiger charge is -2.35. The van der Waals surface area contributed by atoms with E-state index in [0.29, 0.717) is 28.0 Å². The molecule has 194 valence electrons. The second-order valence-electron chi connectivity index (χ2n) is 8.92. The van der Waals surface area contributed by atoms with Gasteiger partial charge in [0.1, 0.15) is 5.60 Å². The first kappa shape index (κ1) is 25.8. The van der Waals surface area contributed by atoms with Crippen molar-refractivity contribution in [2.45, 2.75) is 23.8 Å². The van der Waals surface area contributed by atoms with E-state index in [9.17, 15) is 17.6 Å². The van der Waals surface area contributed by atoms with Gasteiger partial charge in [0.15, 0.2) is 5.82 Å². The summed E-state index contributed by atoms with van der Waals surface area (Å²) in [6, 6.07) is 14.8. The first-order chi connectivity index (χ1) is 18.1. The fourth-order valence-electron chi connectivity index (χ4n) is 4.40. The van der Waals surface area contributed by atoms with E-state index in [1.807, 2.05) is 43.3 Å². The third kappa shape index (κ3) is 4.85. The van der Waals surface area contributed by atoms with E-state index < -0.39 is 21.4 Å². The van der Waals surface area contributed by atoms with Gasteiger partial charge < -0.3 is 4.74 Å². The summed E-state index contributed by atoms with van der Waals surface area (Å²) < 4.78 is 48.6. The maximum absolute atomic E-state index is 13.1. The Morgan fingerprint density at radius 1 is 1.05 bits per heavy atom. The summed E-state index contributed by atoms with van der Waals surface area (Å²) in [5, 5.41) is 1.15. The number of hydrogen-bond acceptors (Lipinski definition) is 6. The highest BCUT2D eigenvalue weighted by Crippen LogP contribution is 2.39. The van der Waals surface area contributed by atoms with Gasteiger partial charge in [0.25, 0.3) is 15.6 Å². The minimum Gasteiger partial charge on any atom is -0.372 e. The van der Waals surface area contributed by atoms with Crippen LogP contribution in [0.2, 0.25) is 5.02 Å². The molecule has 4 aromatic rings. The van der Waals surface area contributed by atoms with E-state index in [0.717, 1.165) is 23.5 Å². The van der Waals surface area contributed by atoms with Crippen LogP contribution < -0.4 is 10.3 Å². The highest BCUT2D eigenvalue weighted by atomic mass is 35.5. The molecule has 8 nitrogen and oxygen atoms in total. The molecule has 1 unspecified atom stereocenters. The number of sulfonamides is 1. The summed E-state index contributed by atoms with van der Waals surface area (Å²) in [7, 11) is -2.49. The lowest BCUT2D eigenvalue weighted by molar-refractivity contribution is 0.0571. The average molecular weight is 553 g/mol. The molecule has 38 heavy (non-hydrogen) atoms. The number of halogens is 2. The number of anilines is 1. The molecule has 0 saturated carbocycles. The molecule has 0 spiro atoms. The largest absolute Gasteiger partial charge is 0.372 e. The molecule has 1 aliphatic rings. The summed E-state index contributed by atoms with van der Waals surface area (Å²) >= 11 is 6.04. The average Bonchev–Trinajstić information content (AvgIpc) is 2.90. The van der Waals surface area contributed by atoms with Gasteiger partial charge in [0, 0.05) is 30.0 Å². The quantitative estimate of drug-likeness (QED) is 0.356. The van der Waals surface area contributed by atoms with Crippen LogP contribution >= 0.6 is 11.6 Å². The number of benzene rings is 2. The summed E-state index contributed by atoms with van der Waals surface area (Å²) in [5.74, 6) is -0.949. The van der Waals surface area contributed by atoms with Crippen LogP contribution in [0.3, 0.4) is 0 Å². The molecule has 0 bridgehead atoms. The Morgan fingerprint density at radius 2 is 1.76 bits per heavy atom. The highest BCUT2D eigenvalue weighted by molar-refractivity contribution is 7.92. The molecular formula is C27H22ClFN4O4S. The fraction of sp³-hybridized carbons (Fsp3) is 0.148. The molecule has 2 aromatic carbocycles. The van der Waals surface area contributed by atoms with Crippen LogP contribution in [0.1, 0.15) is 18.9 Å². The van der Waals surface area contributed by atoms with E-state index >= 15 is 0 Å². The molecule has 1 aliphatic carbocycles. The van der Waals surface area contributed by atoms with Gasteiger partial charge in [0.2, 0.25) is 5.95 Å². The lowest BCUT2D eigenvalue weighted by Crippen LogP contribution is -2.37. The number of rotatable bonds is 6. The number of pyridine rings is 1. The molecule has 0 radical (unpaired) electrons. The van der Waals surface area contributed by atoms with Crippen molar-refractivity contribution in [1.82, 2.24) is 14.5 Å². The van der Waals surface area contributed by atoms with Crippen molar-refractivity contribution < 1.29 is 17.5 Å². The predicted octanol–water partition coefficient (Wildman–Crippen LogP) is 5.12. The molecule has 2 aromatic heterocycles. The van der Waals surface area contributed by atoms with Gasteiger partial charge in [0.05, 0.1) is 28.5 Å². The Morgan fingerprint density at radius 3 is 2.45 bits per heavy atom. The third-order valence-corrected chi connectivity index (χ3v) is 8.02. The van der Waals surface area contributed by atoms with Crippen molar-refractivity contribution in [3.8, 4) is 0 Å². The molecule has 1 N–H and O–H groups in total. The summed E-state index contributed by atoms with van der Waals surface area (Å²) in [6.07, 6.45) is 6.00. The molecule has 0 fully saturated rings. The number of ether oxygens (including phenoxy) is 1. The van der Waals surface area contributed by atoms with Crippen molar-refractivity contribution in [3.05, 3.63) is 106 Å². The number of methoxy groups -OCH3 is 1. The predicted molar refractivity (Wildman–Crippen MR) is 145 cm³/mol. The van der Waals surface area contributed by atoms with Gasteiger partial charge in [-0.15, -0.1) is 0 Å².